The molecular weight excluding hydrogens is 224 g/mol. The fraction of sp³-hybridized carbons (Fsp3) is 0.583. The number of aromatic nitrogens is 1. The van der Waals surface area contributed by atoms with Crippen LogP contribution >= 0.6 is 11.6 Å². The molecule has 0 radical (unpaired) electrons. The van der Waals surface area contributed by atoms with E-state index in [0.717, 1.165) is 37.9 Å². The molecule has 0 saturated carbocycles. The normalized spacial score (nSPS) is 11.0. The Morgan fingerprint density at radius 2 is 2.19 bits per heavy atom. The summed E-state index contributed by atoms with van der Waals surface area (Å²) in [6.45, 7) is 2.13. The van der Waals surface area contributed by atoms with Gasteiger partial charge in [0.2, 0.25) is 0 Å². The van der Waals surface area contributed by atoms with Crippen molar-refractivity contribution in [3.05, 3.63) is 29.0 Å². The number of rotatable bonds is 7. The molecule has 90 valence electrons. The lowest BCUT2D eigenvalue weighted by molar-refractivity contribution is 0.271. The van der Waals surface area contributed by atoms with Gasteiger partial charge in [-0.2, -0.15) is 0 Å². The molecule has 0 saturated heterocycles. The van der Waals surface area contributed by atoms with Crippen LogP contribution in [0.25, 0.3) is 0 Å². The lowest BCUT2D eigenvalue weighted by Gasteiger charge is -2.16. The van der Waals surface area contributed by atoms with Gasteiger partial charge < -0.3 is 10.0 Å². The highest BCUT2D eigenvalue weighted by molar-refractivity contribution is 6.30. The first-order chi connectivity index (χ1) is 7.74. The van der Waals surface area contributed by atoms with Crippen molar-refractivity contribution in [3.63, 3.8) is 0 Å². The van der Waals surface area contributed by atoms with Gasteiger partial charge in [-0.1, -0.05) is 17.7 Å². The summed E-state index contributed by atoms with van der Waals surface area (Å²) in [5, 5.41) is 9.25. The van der Waals surface area contributed by atoms with Crippen LogP contribution in [0.5, 0.6) is 0 Å². The molecule has 0 aromatic carbocycles. The van der Waals surface area contributed by atoms with Crippen LogP contribution in [0.4, 0.5) is 0 Å². The maximum absolute atomic E-state index is 8.66. The van der Waals surface area contributed by atoms with E-state index in [1.54, 1.807) is 6.20 Å². The zero-order valence-corrected chi connectivity index (χ0v) is 10.5. The molecule has 0 aliphatic rings. The van der Waals surface area contributed by atoms with Gasteiger partial charge in [-0.15, -0.1) is 0 Å². The van der Waals surface area contributed by atoms with Crippen LogP contribution in [0.15, 0.2) is 18.3 Å². The van der Waals surface area contributed by atoms with E-state index < -0.39 is 0 Å². The molecule has 3 nitrogen and oxygen atoms in total. The zero-order chi connectivity index (χ0) is 11.8. The second-order valence-corrected chi connectivity index (χ2v) is 4.33. The van der Waals surface area contributed by atoms with Crippen molar-refractivity contribution in [2.75, 3.05) is 20.2 Å². The molecule has 1 aromatic heterocycles. The van der Waals surface area contributed by atoms with Crippen LogP contribution < -0.4 is 0 Å². The van der Waals surface area contributed by atoms with Crippen LogP contribution in [0.1, 0.15) is 24.8 Å². The van der Waals surface area contributed by atoms with Crippen LogP contribution in [0.3, 0.4) is 0 Å². The Morgan fingerprint density at radius 3 is 2.88 bits per heavy atom. The number of hydrogen-bond donors (Lipinski definition) is 1. The number of aliphatic hydroxyl groups is 1. The number of hydrogen-bond acceptors (Lipinski definition) is 3. The van der Waals surface area contributed by atoms with Crippen molar-refractivity contribution >= 4 is 11.6 Å². The standard InChI is InChI=1S/C12H19ClN2O/c1-15(8-3-2-4-9-16)10-11-6-5-7-14-12(11)13/h5-7,16H,2-4,8-10H2,1H3. The molecule has 0 unspecified atom stereocenters. The van der Waals surface area contributed by atoms with Gasteiger partial charge >= 0.3 is 0 Å². The fourth-order valence-corrected chi connectivity index (χ4v) is 1.76. The maximum Gasteiger partial charge on any atom is 0.133 e. The molecule has 0 aliphatic heterocycles. The number of nitrogens with zero attached hydrogens (tertiary/aromatic N) is 2. The van der Waals surface area contributed by atoms with Crippen molar-refractivity contribution < 1.29 is 5.11 Å². The third kappa shape index (κ3) is 4.92. The highest BCUT2D eigenvalue weighted by Gasteiger charge is 2.04. The Kier molecular flexibility index (Phi) is 6.38. The fourth-order valence-electron chi connectivity index (χ4n) is 1.58. The number of aliphatic hydroxyl groups excluding tert-OH is 1. The summed E-state index contributed by atoms with van der Waals surface area (Å²) in [5.41, 5.74) is 1.06. The van der Waals surface area contributed by atoms with Crippen molar-refractivity contribution in [2.45, 2.75) is 25.8 Å². The maximum atomic E-state index is 8.66. The second-order valence-electron chi connectivity index (χ2n) is 3.98. The van der Waals surface area contributed by atoms with Gasteiger partial charge in [0, 0.05) is 24.9 Å². The minimum atomic E-state index is 0.290. The third-order valence-electron chi connectivity index (χ3n) is 2.47. The van der Waals surface area contributed by atoms with Gasteiger partial charge in [0.05, 0.1) is 0 Å². The first kappa shape index (κ1) is 13.4. The Balaban J connectivity index is 2.28. The molecule has 4 heteroatoms. The van der Waals surface area contributed by atoms with Crippen LogP contribution in [-0.2, 0) is 6.54 Å². The molecule has 16 heavy (non-hydrogen) atoms. The highest BCUT2D eigenvalue weighted by Crippen LogP contribution is 2.13. The first-order valence-electron chi connectivity index (χ1n) is 5.63. The monoisotopic (exact) mass is 242 g/mol. The molecule has 0 amide bonds. The van der Waals surface area contributed by atoms with Crippen molar-refractivity contribution in [2.24, 2.45) is 0 Å². The number of unbranched alkanes of at least 4 members (excludes halogenated alkanes) is 2. The van der Waals surface area contributed by atoms with Gasteiger partial charge in [-0.25, -0.2) is 4.98 Å². The quantitative estimate of drug-likeness (QED) is 0.589. The smallest absolute Gasteiger partial charge is 0.133 e. The minimum absolute atomic E-state index is 0.290. The van der Waals surface area contributed by atoms with Crippen LogP contribution in [0, 0.1) is 0 Å². The Hall–Kier alpha value is -0.640. The van der Waals surface area contributed by atoms with E-state index in [9.17, 15) is 0 Å². The van der Waals surface area contributed by atoms with Crippen molar-refractivity contribution in [3.8, 4) is 0 Å². The first-order valence-corrected chi connectivity index (χ1v) is 6.00. The predicted molar refractivity (Wildman–Crippen MR) is 66.5 cm³/mol. The van der Waals surface area contributed by atoms with Crippen LogP contribution in [0.2, 0.25) is 5.15 Å². The molecule has 1 heterocycles. The lowest BCUT2D eigenvalue weighted by Crippen LogP contribution is -2.19. The predicted octanol–water partition coefficient (Wildman–Crippen LogP) is 2.33. The lowest BCUT2D eigenvalue weighted by atomic mass is 10.2. The largest absolute Gasteiger partial charge is 0.396 e. The van der Waals surface area contributed by atoms with E-state index in [4.69, 9.17) is 16.7 Å². The number of halogens is 1. The summed E-state index contributed by atoms with van der Waals surface area (Å²) < 4.78 is 0. The molecule has 0 aliphatic carbocycles. The summed E-state index contributed by atoms with van der Waals surface area (Å²) in [6, 6.07) is 3.90. The van der Waals surface area contributed by atoms with Crippen molar-refractivity contribution in [1.29, 1.82) is 0 Å². The SMILES string of the molecule is CN(CCCCCO)Cc1cccnc1Cl. The van der Waals surface area contributed by atoms with Gasteiger partial charge in [0.25, 0.3) is 0 Å². The number of pyridine rings is 1. The van der Waals surface area contributed by atoms with Crippen molar-refractivity contribution in [1.82, 2.24) is 9.88 Å². The van der Waals surface area contributed by atoms with E-state index in [1.165, 1.54) is 0 Å². The highest BCUT2D eigenvalue weighted by atomic mass is 35.5. The Bertz CT molecular complexity index is 307. The summed E-state index contributed by atoms with van der Waals surface area (Å²) in [6.07, 6.45) is 4.77. The van der Waals surface area contributed by atoms with Gasteiger partial charge in [0.1, 0.15) is 5.15 Å². The molecule has 0 fully saturated rings. The van der Waals surface area contributed by atoms with E-state index in [-0.39, 0.29) is 6.61 Å². The summed E-state index contributed by atoms with van der Waals surface area (Å²) in [4.78, 5) is 6.27. The molecule has 1 N–H and O–H groups in total. The molecular formula is C12H19ClN2O. The van der Waals surface area contributed by atoms with Crippen LogP contribution in [-0.4, -0.2) is 35.2 Å². The summed E-state index contributed by atoms with van der Waals surface area (Å²) in [5.74, 6) is 0. The molecule has 0 bridgehead atoms. The minimum Gasteiger partial charge on any atom is -0.396 e. The zero-order valence-electron chi connectivity index (χ0n) is 9.69. The van der Waals surface area contributed by atoms with Gasteiger partial charge in [0.15, 0.2) is 0 Å². The Labute approximate surface area is 102 Å². The average Bonchev–Trinajstić information content (AvgIpc) is 2.28. The average molecular weight is 243 g/mol. The molecule has 1 rings (SSSR count). The summed E-state index contributed by atoms with van der Waals surface area (Å²) in [7, 11) is 2.07. The second kappa shape index (κ2) is 7.60. The Morgan fingerprint density at radius 1 is 1.38 bits per heavy atom. The third-order valence-corrected chi connectivity index (χ3v) is 2.81. The van der Waals surface area contributed by atoms with E-state index in [0.29, 0.717) is 5.15 Å². The molecule has 0 atom stereocenters. The summed E-state index contributed by atoms with van der Waals surface area (Å²) >= 11 is 5.98. The van der Waals surface area contributed by atoms with Gasteiger partial charge in [-0.3, -0.25) is 0 Å². The van der Waals surface area contributed by atoms with Gasteiger partial charge in [-0.05, 0) is 38.9 Å². The van der Waals surface area contributed by atoms with E-state index in [2.05, 4.69) is 16.9 Å². The molecule has 1 aromatic rings. The molecule has 0 spiro atoms. The van der Waals surface area contributed by atoms with E-state index >= 15 is 0 Å². The topological polar surface area (TPSA) is 36.4 Å². The van der Waals surface area contributed by atoms with E-state index in [1.807, 2.05) is 12.1 Å².